The van der Waals surface area contributed by atoms with E-state index in [1.54, 1.807) is 0 Å². The summed E-state index contributed by atoms with van der Waals surface area (Å²) >= 11 is 6.11. The molecule has 0 aliphatic heterocycles. The molecule has 0 aliphatic rings. The molecule has 6 heteroatoms. The molecule has 5 aromatic rings. The van der Waals surface area contributed by atoms with Crippen molar-refractivity contribution in [3.05, 3.63) is 88.8 Å². The molecule has 3 aromatic heterocycles. The summed E-state index contributed by atoms with van der Waals surface area (Å²) < 4.78 is 3.81. The van der Waals surface area contributed by atoms with Gasteiger partial charge in [0, 0.05) is 27.9 Å². The predicted molar refractivity (Wildman–Crippen MR) is 120 cm³/mol. The van der Waals surface area contributed by atoms with E-state index in [0.29, 0.717) is 5.02 Å². The number of aryl methyl sites for hydroxylation is 3. The molecule has 0 bridgehead atoms. The highest BCUT2D eigenvalue weighted by Crippen LogP contribution is 2.32. The molecular formula is C24H20ClN5. The van der Waals surface area contributed by atoms with Crippen LogP contribution < -0.4 is 0 Å². The number of nitrogens with zero attached hydrogens (tertiary/aromatic N) is 5. The Morgan fingerprint density at radius 1 is 0.800 bits per heavy atom. The zero-order valence-corrected chi connectivity index (χ0v) is 17.7. The fraction of sp³-hybridized carbons (Fsp3) is 0.125. The van der Waals surface area contributed by atoms with Crippen LogP contribution in [0.4, 0.5) is 0 Å². The standard InChI is InChI=1S/C24H20ClN5/c1-15-13-16(2)29(27-15)22-14-21(18-7-5-4-6-8-18)26-24-23(17(3)28-30(22)24)19-9-11-20(25)12-10-19/h4-14H,1-3H3. The molecule has 5 nitrogen and oxygen atoms in total. The van der Waals surface area contributed by atoms with Crippen LogP contribution in [0.5, 0.6) is 0 Å². The van der Waals surface area contributed by atoms with Crippen molar-refractivity contribution >= 4 is 17.2 Å². The van der Waals surface area contributed by atoms with Crippen LogP contribution >= 0.6 is 11.6 Å². The average Bonchev–Trinajstić information content (AvgIpc) is 3.26. The minimum Gasteiger partial charge on any atom is -0.228 e. The van der Waals surface area contributed by atoms with Gasteiger partial charge in [0.05, 0.1) is 17.1 Å². The minimum absolute atomic E-state index is 0.703. The highest BCUT2D eigenvalue weighted by molar-refractivity contribution is 6.30. The third kappa shape index (κ3) is 3.08. The van der Waals surface area contributed by atoms with Gasteiger partial charge in [-0.1, -0.05) is 54.1 Å². The monoisotopic (exact) mass is 413 g/mol. The maximum atomic E-state index is 6.11. The van der Waals surface area contributed by atoms with E-state index in [2.05, 4.69) is 18.2 Å². The number of aromatic nitrogens is 5. The summed E-state index contributed by atoms with van der Waals surface area (Å²) in [6.45, 7) is 6.05. The number of halogens is 1. The molecule has 148 valence electrons. The van der Waals surface area contributed by atoms with Gasteiger partial charge >= 0.3 is 0 Å². The Bertz CT molecular complexity index is 1360. The van der Waals surface area contributed by atoms with Crippen LogP contribution in [0.15, 0.2) is 66.7 Å². The molecule has 0 aliphatic carbocycles. The van der Waals surface area contributed by atoms with Crippen LogP contribution in [0.25, 0.3) is 33.8 Å². The fourth-order valence-corrected chi connectivity index (χ4v) is 3.96. The predicted octanol–water partition coefficient (Wildman–Crippen LogP) is 5.83. The smallest absolute Gasteiger partial charge is 0.166 e. The van der Waals surface area contributed by atoms with Gasteiger partial charge in [0.2, 0.25) is 0 Å². The zero-order chi connectivity index (χ0) is 20.8. The van der Waals surface area contributed by atoms with Crippen molar-refractivity contribution in [2.24, 2.45) is 0 Å². The highest BCUT2D eigenvalue weighted by atomic mass is 35.5. The number of fused-ring (bicyclic) bond motifs is 1. The quantitative estimate of drug-likeness (QED) is 0.374. The molecule has 0 atom stereocenters. The average molecular weight is 414 g/mol. The lowest BCUT2D eigenvalue weighted by Crippen LogP contribution is -2.08. The molecular weight excluding hydrogens is 394 g/mol. The maximum absolute atomic E-state index is 6.11. The maximum Gasteiger partial charge on any atom is 0.166 e. The van der Waals surface area contributed by atoms with Gasteiger partial charge in [0.15, 0.2) is 11.5 Å². The third-order valence-electron chi connectivity index (χ3n) is 5.17. The van der Waals surface area contributed by atoms with Gasteiger partial charge < -0.3 is 0 Å². The normalized spacial score (nSPS) is 11.3. The topological polar surface area (TPSA) is 48.0 Å². The third-order valence-corrected chi connectivity index (χ3v) is 5.43. The van der Waals surface area contributed by atoms with E-state index in [1.807, 2.05) is 78.5 Å². The van der Waals surface area contributed by atoms with Crippen molar-refractivity contribution in [3.63, 3.8) is 0 Å². The first kappa shape index (κ1) is 18.6. The molecule has 0 unspecified atom stereocenters. The summed E-state index contributed by atoms with van der Waals surface area (Å²) in [6, 6.07) is 22.1. The van der Waals surface area contributed by atoms with Crippen LogP contribution in [0.2, 0.25) is 5.02 Å². The van der Waals surface area contributed by atoms with Gasteiger partial charge in [0.1, 0.15) is 0 Å². The second-order valence-electron chi connectivity index (χ2n) is 7.41. The summed E-state index contributed by atoms with van der Waals surface area (Å²) in [6.07, 6.45) is 0. The van der Waals surface area contributed by atoms with Crippen LogP contribution in [-0.2, 0) is 0 Å². The molecule has 3 heterocycles. The summed E-state index contributed by atoms with van der Waals surface area (Å²) in [7, 11) is 0. The Morgan fingerprint density at radius 2 is 1.53 bits per heavy atom. The summed E-state index contributed by atoms with van der Waals surface area (Å²) in [5.74, 6) is 0.854. The minimum atomic E-state index is 0.703. The van der Waals surface area contributed by atoms with E-state index in [4.69, 9.17) is 26.8 Å². The highest BCUT2D eigenvalue weighted by Gasteiger charge is 2.19. The molecule has 5 rings (SSSR count). The lowest BCUT2D eigenvalue weighted by Gasteiger charge is -2.11. The molecule has 0 saturated carbocycles. The molecule has 0 spiro atoms. The van der Waals surface area contributed by atoms with Crippen molar-refractivity contribution in [1.82, 2.24) is 24.4 Å². The molecule has 0 saturated heterocycles. The van der Waals surface area contributed by atoms with Crippen molar-refractivity contribution < 1.29 is 0 Å². The van der Waals surface area contributed by atoms with Gasteiger partial charge in [0.25, 0.3) is 0 Å². The second kappa shape index (κ2) is 7.11. The number of benzene rings is 2. The Morgan fingerprint density at radius 3 is 2.20 bits per heavy atom. The number of hydrogen-bond donors (Lipinski definition) is 0. The largest absolute Gasteiger partial charge is 0.228 e. The summed E-state index contributed by atoms with van der Waals surface area (Å²) in [4.78, 5) is 5.01. The van der Waals surface area contributed by atoms with E-state index >= 15 is 0 Å². The van der Waals surface area contributed by atoms with Crippen molar-refractivity contribution in [2.75, 3.05) is 0 Å². The van der Waals surface area contributed by atoms with E-state index in [-0.39, 0.29) is 0 Å². The Balaban J connectivity index is 1.86. The van der Waals surface area contributed by atoms with Gasteiger partial charge in [-0.2, -0.15) is 14.7 Å². The Kier molecular flexibility index (Phi) is 4.40. The van der Waals surface area contributed by atoms with Gasteiger partial charge in [-0.05, 0) is 44.5 Å². The lowest BCUT2D eigenvalue weighted by atomic mass is 10.1. The summed E-state index contributed by atoms with van der Waals surface area (Å²) in [5, 5.41) is 10.2. The molecule has 30 heavy (non-hydrogen) atoms. The van der Waals surface area contributed by atoms with Gasteiger partial charge in [-0.15, -0.1) is 0 Å². The van der Waals surface area contributed by atoms with Gasteiger partial charge in [-0.25, -0.2) is 9.67 Å². The van der Waals surface area contributed by atoms with Crippen molar-refractivity contribution in [3.8, 4) is 28.2 Å². The molecule has 2 aromatic carbocycles. The Labute approximate surface area is 179 Å². The molecule has 0 fully saturated rings. The number of rotatable bonds is 3. The van der Waals surface area contributed by atoms with E-state index in [9.17, 15) is 0 Å². The first-order valence-electron chi connectivity index (χ1n) is 9.76. The van der Waals surface area contributed by atoms with E-state index < -0.39 is 0 Å². The van der Waals surface area contributed by atoms with E-state index in [0.717, 1.165) is 50.9 Å². The SMILES string of the molecule is Cc1cc(C)n(-c2cc(-c3ccccc3)nc3c(-c4ccc(Cl)cc4)c(C)nn23)n1. The van der Waals surface area contributed by atoms with Crippen LogP contribution in [0, 0.1) is 20.8 Å². The summed E-state index contributed by atoms with van der Waals surface area (Å²) in [5.41, 5.74) is 7.64. The van der Waals surface area contributed by atoms with Crippen molar-refractivity contribution in [1.29, 1.82) is 0 Å². The lowest BCUT2D eigenvalue weighted by molar-refractivity contribution is 0.752. The van der Waals surface area contributed by atoms with Crippen LogP contribution in [0.1, 0.15) is 17.1 Å². The Hall–Kier alpha value is -3.44. The fourth-order valence-electron chi connectivity index (χ4n) is 3.83. The van der Waals surface area contributed by atoms with Gasteiger partial charge in [-0.3, -0.25) is 0 Å². The first-order chi connectivity index (χ1) is 14.5. The second-order valence-corrected chi connectivity index (χ2v) is 7.84. The number of hydrogen-bond acceptors (Lipinski definition) is 3. The first-order valence-corrected chi connectivity index (χ1v) is 10.1. The zero-order valence-electron chi connectivity index (χ0n) is 17.0. The van der Waals surface area contributed by atoms with Crippen LogP contribution in [0.3, 0.4) is 0 Å². The van der Waals surface area contributed by atoms with Crippen molar-refractivity contribution in [2.45, 2.75) is 20.8 Å². The molecule has 0 N–H and O–H groups in total. The molecule has 0 radical (unpaired) electrons. The molecule has 0 amide bonds. The van der Waals surface area contributed by atoms with Crippen LogP contribution in [-0.4, -0.2) is 24.4 Å². The van der Waals surface area contributed by atoms with E-state index in [1.165, 1.54) is 0 Å².